The number of likely N-dealkylation sites (N-methyl/N-ethyl adjacent to an activating group) is 1. The summed E-state index contributed by atoms with van der Waals surface area (Å²) in [6.07, 6.45) is 3.44. The van der Waals surface area contributed by atoms with Gasteiger partial charge < -0.3 is 4.90 Å². The average Bonchev–Trinajstić information content (AvgIpc) is 3.22. The second kappa shape index (κ2) is 7.84. The van der Waals surface area contributed by atoms with Gasteiger partial charge in [0.2, 0.25) is 0 Å². The molecule has 0 radical (unpaired) electrons. The first-order chi connectivity index (χ1) is 13.2. The molecule has 2 aromatic rings. The first-order valence-electron chi connectivity index (χ1n) is 10.2. The fourth-order valence-corrected chi connectivity index (χ4v) is 5.13. The summed E-state index contributed by atoms with van der Waals surface area (Å²) in [5.41, 5.74) is 1.73. The minimum absolute atomic E-state index is 0.358. The van der Waals surface area contributed by atoms with Crippen molar-refractivity contribution in [2.75, 3.05) is 33.2 Å². The molecule has 0 N–H and O–H groups in total. The zero-order valence-corrected chi connectivity index (χ0v) is 16.2. The van der Waals surface area contributed by atoms with Crippen LogP contribution in [0.3, 0.4) is 0 Å². The van der Waals surface area contributed by atoms with Gasteiger partial charge in [-0.25, -0.2) is 0 Å². The average molecular weight is 360 g/mol. The lowest BCUT2D eigenvalue weighted by molar-refractivity contribution is 0.110. The van der Waals surface area contributed by atoms with Gasteiger partial charge in [0.1, 0.15) is 5.41 Å². The van der Waals surface area contributed by atoms with E-state index in [4.69, 9.17) is 0 Å². The number of nitriles is 1. The zero-order chi connectivity index (χ0) is 18.7. The van der Waals surface area contributed by atoms with Gasteiger partial charge >= 0.3 is 0 Å². The van der Waals surface area contributed by atoms with Gasteiger partial charge in [-0.15, -0.1) is 0 Å². The summed E-state index contributed by atoms with van der Waals surface area (Å²) in [6.45, 7) is 4.62. The van der Waals surface area contributed by atoms with Gasteiger partial charge in [0, 0.05) is 32.2 Å². The van der Waals surface area contributed by atoms with Gasteiger partial charge in [-0.3, -0.25) is 4.90 Å². The fraction of sp³-hybridized carbons (Fsp3) is 0.458. The molecule has 2 aromatic carbocycles. The minimum Gasteiger partial charge on any atom is -0.304 e. The van der Waals surface area contributed by atoms with Crippen LogP contribution in [0.2, 0.25) is 0 Å². The van der Waals surface area contributed by atoms with Crippen LogP contribution in [0.5, 0.6) is 0 Å². The maximum absolute atomic E-state index is 10.5. The van der Waals surface area contributed by atoms with Crippen LogP contribution in [0.15, 0.2) is 60.7 Å². The van der Waals surface area contributed by atoms with Crippen LogP contribution >= 0.6 is 0 Å². The molecule has 1 saturated carbocycles. The molecular weight excluding hydrogens is 330 g/mol. The maximum atomic E-state index is 10.5. The summed E-state index contributed by atoms with van der Waals surface area (Å²) >= 11 is 0. The highest BCUT2D eigenvalue weighted by Gasteiger charge is 2.46. The molecule has 0 bridgehead atoms. The van der Waals surface area contributed by atoms with E-state index in [2.05, 4.69) is 71.4 Å². The third kappa shape index (κ3) is 3.40. The third-order valence-electron chi connectivity index (χ3n) is 6.71. The van der Waals surface area contributed by atoms with Crippen LogP contribution < -0.4 is 0 Å². The molecule has 1 aliphatic heterocycles. The van der Waals surface area contributed by atoms with Crippen LogP contribution in [0.25, 0.3) is 0 Å². The van der Waals surface area contributed by atoms with E-state index in [1.165, 1.54) is 6.42 Å². The van der Waals surface area contributed by atoms with Gasteiger partial charge in [-0.1, -0.05) is 60.7 Å². The molecule has 2 unspecified atom stereocenters. The molecule has 1 saturated heterocycles. The monoisotopic (exact) mass is 359 g/mol. The van der Waals surface area contributed by atoms with Crippen LogP contribution in [-0.2, 0) is 5.41 Å². The number of rotatable bonds is 4. The normalized spacial score (nSPS) is 24.6. The number of piperazine rings is 1. The van der Waals surface area contributed by atoms with Crippen molar-refractivity contribution < 1.29 is 0 Å². The molecule has 1 heterocycles. The Morgan fingerprint density at radius 3 is 1.93 bits per heavy atom. The highest BCUT2D eigenvalue weighted by atomic mass is 15.3. The lowest BCUT2D eigenvalue weighted by atomic mass is 9.66. The zero-order valence-electron chi connectivity index (χ0n) is 16.2. The van der Waals surface area contributed by atoms with Crippen molar-refractivity contribution in [1.29, 1.82) is 5.26 Å². The topological polar surface area (TPSA) is 30.3 Å². The lowest BCUT2D eigenvalue weighted by Crippen LogP contribution is -2.48. The molecule has 0 amide bonds. The summed E-state index contributed by atoms with van der Waals surface area (Å²) in [5.74, 6) is 0.358. The van der Waals surface area contributed by atoms with Crippen LogP contribution in [-0.4, -0.2) is 49.1 Å². The van der Waals surface area contributed by atoms with Crippen molar-refractivity contribution in [2.45, 2.75) is 30.7 Å². The number of hydrogen-bond acceptors (Lipinski definition) is 3. The molecule has 0 spiro atoms. The molecule has 2 aliphatic rings. The Kier molecular flexibility index (Phi) is 5.29. The summed E-state index contributed by atoms with van der Waals surface area (Å²) in [5, 5.41) is 10.5. The van der Waals surface area contributed by atoms with Gasteiger partial charge in [-0.05, 0) is 43.4 Å². The van der Waals surface area contributed by atoms with E-state index in [0.717, 1.165) is 50.1 Å². The summed E-state index contributed by atoms with van der Waals surface area (Å²) in [4.78, 5) is 5.08. The van der Waals surface area contributed by atoms with Crippen LogP contribution in [0, 0.1) is 17.2 Å². The quantitative estimate of drug-likeness (QED) is 0.829. The van der Waals surface area contributed by atoms with Crippen LogP contribution in [0.4, 0.5) is 0 Å². The predicted octanol–water partition coefficient (Wildman–Crippen LogP) is 3.91. The molecule has 27 heavy (non-hydrogen) atoms. The van der Waals surface area contributed by atoms with E-state index in [0.29, 0.717) is 12.0 Å². The van der Waals surface area contributed by atoms with Gasteiger partial charge in [0.15, 0.2) is 0 Å². The van der Waals surface area contributed by atoms with E-state index >= 15 is 0 Å². The Labute approximate surface area is 163 Å². The molecule has 4 rings (SSSR count). The fourth-order valence-electron chi connectivity index (χ4n) is 5.13. The minimum atomic E-state index is -0.552. The standard InChI is InChI=1S/C24H29N3/c1-26-14-16-27(17-15-26)23-13-12-22(18-23)24(19-25,20-8-4-2-5-9-20)21-10-6-3-7-11-21/h2-11,22-23H,12-18H2,1H3. The summed E-state index contributed by atoms with van der Waals surface area (Å²) in [6, 6.07) is 24.3. The SMILES string of the molecule is CN1CCN(C2CCC(C(C#N)(c3ccccc3)c3ccccc3)C2)CC1. The number of hydrogen-bond donors (Lipinski definition) is 0. The second-order valence-corrected chi connectivity index (χ2v) is 8.15. The van der Waals surface area contributed by atoms with Crippen molar-refractivity contribution in [1.82, 2.24) is 9.80 Å². The Hall–Kier alpha value is -2.15. The van der Waals surface area contributed by atoms with Gasteiger partial charge in [-0.2, -0.15) is 5.26 Å². The Morgan fingerprint density at radius 1 is 0.852 bits per heavy atom. The Morgan fingerprint density at radius 2 is 1.41 bits per heavy atom. The van der Waals surface area contributed by atoms with Crippen molar-refractivity contribution >= 4 is 0 Å². The lowest BCUT2D eigenvalue weighted by Gasteiger charge is -2.38. The molecular formula is C24H29N3. The summed E-state index contributed by atoms with van der Waals surface area (Å²) in [7, 11) is 2.21. The van der Waals surface area contributed by atoms with Crippen LogP contribution in [0.1, 0.15) is 30.4 Å². The summed E-state index contributed by atoms with van der Waals surface area (Å²) < 4.78 is 0. The van der Waals surface area contributed by atoms with E-state index in [9.17, 15) is 5.26 Å². The highest BCUT2D eigenvalue weighted by Crippen LogP contribution is 2.47. The predicted molar refractivity (Wildman–Crippen MR) is 109 cm³/mol. The Bertz CT molecular complexity index is 733. The molecule has 0 aromatic heterocycles. The molecule has 3 heteroatoms. The van der Waals surface area contributed by atoms with Gasteiger partial charge in [0.25, 0.3) is 0 Å². The maximum Gasteiger partial charge on any atom is 0.110 e. The largest absolute Gasteiger partial charge is 0.304 e. The van der Waals surface area contributed by atoms with Crippen molar-refractivity contribution in [3.8, 4) is 6.07 Å². The van der Waals surface area contributed by atoms with E-state index in [1.807, 2.05) is 12.1 Å². The number of nitrogens with zero attached hydrogens (tertiary/aromatic N) is 3. The van der Waals surface area contributed by atoms with E-state index in [1.54, 1.807) is 0 Å². The number of benzene rings is 2. The molecule has 3 nitrogen and oxygen atoms in total. The molecule has 140 valence electrons. The molecule has 2 atom stereocenters. The van der Waals surface area contributed by atoms with E-state index in [-0.39, 0.29) is 0 Å². The van der Waals surface area contributed by atoms with Crippen molar-refractivity contribution in [3.05, 3.63) is 71.8 Å². The highest BCUT2D eigenvalue weighted by molar-refractivity contribution is 5.47. The molecule has 2 fully saturated rings. The first-order valence-corrected chi connectivity index (χ1v) is 10.2. The first kappa shape index (κ1) is 18.2. The third-order valence-corrected chi connectivity index (χ3v) is 6.71. The smallest absolute Gasteiger partial charge is 0.110 e. The van der Waals surface area contributed by atoms with Gasteiger partial charge in [0.05, 0.1) is 6.07 Å². The molecule has 1 aliphatic carbocycles. The van der Waals surface area contributed by atoms with Crippen molar-refractivity contribution in [3.63, 3.8) is 0 Å². The Balaban J connectivity index is 1.65. The second-order valence-electron chi connectivity index (χ2n) is 8.15. The van der Waals surface area contributed by atoms with E-state index < -0.39 is 5.41 Å². The van der Waals surface area contributed by atoms with Crippen molar-refractivity contribution in [2.24, 2.45) is 5.92 Å².